The van der Waals surface area contributed by atoms with Crippen LogP contribution in [0.15, 0.2) is 70.4 Å². The molecule has 1 aliphatic heterocycles. The standard InChI is InChI=1S/C21H20ClN3O4S/c1-12-16(19(26)28-2)17(13-7-4-5-8-14(13)22)18(20(27)29-3)15(25-12)11-30-21-23-9-6-10-24-21/h4-10,17,25H,11H2,1-3H3. The van der Waals surface area contributed by atoms with Gasteiger partial charge in [0.15, 0.2) is 5.16 Å². The number of benzene rings is 1. The number of carbonyl (C=O) groups is 2. The van der Waals surface area contributed by atoms with Crippen LogP contribution in [0, 0.1) is 0 Å². The van der Waals surface area contributed by atoms with E-state index in [9.17, 15) is 9.59 Å². The van der Waals surface area contributed by atoms with Crippen LogP contribution < -0.4 is 5.32 Å². The minimum absolute atomic E-state index is 0.292. The van der Waals surface area contributed by atoms with Crippen LogP contribution in [0.5, 0.6) is 0 Å². The van der Waals surface area contributed by atoms with Crippen molar-refractivity contribution in [2.45, 2.75) is 18.0 Å². The summed E-state index contributed by atoms with van der Waals surface area (Å²) in [6.45, 7) is 1.76. The predicted octanol–water partition coefficient (Wildman–Crippen LogP) is 3.48. The third kappa shape index (κ3) is 4.49. The maximum Gasteiger partial charge on any atom is 0.336 e. The molecule has 156 valence electrons. The molecule has 2 aromatic rings. The lowest BCUT2D eigenvalue weighted by Crippen LogP contribution is -2.33. The highest BCUT2D eigenvalue weighted by molar-refractivity contribution is 7.99. The second-order valence-corrected chi connectivity index (χ2v) is 7.66. The van der Waals surface area contributed by atoms with Crippen LogP contribution in [0.3, 0.4) is 0 Å². The lowest BCUT2D eigenvalue weighted by atomic mass is 9.80. The van der Waals surface area contributed by atoms with Gasteiger partial charge in [0.2, 0.25) is 0 Å². The van der Waals surface area contributed by atoms with E-state index in [4.69, 9.17) is 21.1 Å². The quantitative estimate of drug-likeness (QED) is 0.410. The van der Waals surface area contributed by atoms with Crippen molar-refractivity contribution in [1.82, 2.24) is 15.3 Å². The van der Waals surface area contributed by atoms with Crippen LogP contribution in [0.4, 0.5) is 0 Å². The van der Waals surface area contributed by atoms with Gasteiger partial charge in [-0.2, -0.15) is 0 Å². The van der Waals surface area contributed by atoms with Crippen molar-refractivity contribution < 1.29 is 19.1 Å². The molecule has 0 radical (unpaired) electrons. The van der Waals surface area contributed by atoms with Crippen molar-refractivity contribution in [1.29, 1.82) is 0 Å². The predicted molar refractivity (Wildman–Crippen MR) is 114 cm³/mol. The number of rotatable bonds is 6. The van der Waals surface area contributed by atoms with Crippen LogP contribution in [0.2, 0.25) is 5.02 Å². The molecular weight excluding hydrogens is 426 g/mol. The summed E-state index contributed by atoms with van der Waals surface area (Å²) in [5, 5.41) is 4.16. The van der Waals surface area contributed by atoms with E-state index in [0.29, 0.717) is 44.0 Å². The Kier molecular flexibility index (Phi) is 7.12. The normalized spacial score (nSPS) is 16.2. The fourth-order valence-corrected chi connectivity index (χ4v) is 4.28. The Bertz CT molecular complexity index is 1020. The number of hydrogen-bond acceptors (Lipinski definition) is 8. The van der Waals surface area contributed by atoms with Gasteiger partial charge in [0.25, 0.3) is 0 Å². The molecule has 9 heteroatoms. The zero-order chi connectivity index (χ0) is 21.7. The Morgan fingerprint density at radius 2 is 1.70 bits per heavy atom. The number of carbonyl (C=O) groups excluding carboxylic acids is 2. The molecule has 2 heterocycles. The molecule has 1 aromatic carbocycles. The van der Waals surface area contributed by atoms with Crippen molar-refractivity contribution in [3.63, 3.8) is 0 Å². The molecule has 0 fully saturated rings. The van der Waals surface area contributed by atoms with Crippen molar-refractivity contribution in [3.05, 3.63) is 75.9 Å². The zero-order valence-electron chi connectivity index (χ0n) is 16.6. The van der Waals surface area contributed by atoms with Gasteiger partial charge < -0.3 is 14.8 Å². The molecule has 30 heavy (non-hydrogen) atoms. The minimum Gasteiger partial charge on any atom is -0.466 e. The van der Waals surface area contributed by atoms with E-state index in [2.05, 4.69) is 15.3 Å². The number of thioether (sulfide) groups is 1. The SMILES string of the molecule is COC(=O)C1=C(C)NC(CSc2ncccn2)=C(C(=O)OC)C1c1ccccc1Cl. The Hall–Kier alpha value is -2.84. The van der Waals surface area contributed by atoms with Crippen LogP contribution in [-0.4, -0.2) is 41.9 Å². The molecule has 1 aliphatic rings. The summed E-state index contributed by atoms with van der Waals surface area (Å²) in [6, 6.07) is 8.80. The number of hydrogen-bond donors (Lipinski definition) is 1. The number of esters is 2. The number of dihydropyridines is 1. The van der Waals surface area contributed by atoms with Crippen molar-refractivity contribution in [2.24, 2.45) is 0 Å². The second-order valence-electron chi connectivity index (χ2n) is 6.31. The zero-order valence-corrected chi connectivity index (χ0v) is 18.2. The number of aromatic nitrogens is 2. The summed E-state index contributed by atoms with van der Waals surface area (Å²) < 4.78 is 10.1. The highest BCUT2D eigenvalue weighted by Gasteiger charge is 2.39. The maximum absolute atomic E-state index is 12.9. The van der Waals surface area contributed by atoms with E-state index in [1.54, 1.807) is 49.6 Å². The lowest BCUT2D eigenvalue weighted by Gasteiger charge is -2.31. The van der Waals surface area contributed by atoms with Crippen LogP contribution in [0.1, 0.15) is 18.4 Å². The number of ether oxygens (including phenoxy) is 2. The van der Waals surface area contributed by atoms with Crippen molar-refractivity contribution >= 4 is 35.3 Å². The number of halogens is 1. The summed E-state index contributed by atoms with van der Waals surface area (Å²) in [5.41, 5.74) is 2.37. The van der Waals surface area contributed by atoms with E-state index in [1.165, 1.54) is 26.0 Å². The van der Waals surface area contributed by atoms with Crippen LogP contribution in [0.25, 0.3) is 0 Å². The van der Waals surface area contributed by atoms with Gasteiger partial charge in [-0.1, -0.05) is 41.6 Å². The van der Waals surface area contributed by atoms with Gasteiger partial charge in [0.1, 0.15) is 0 Å². The minimum atomic E-state index is -0.743. The van der Waals surface area contributed by atoms with Crippen molar-refractivity contribution in [2.75, 3.05) is 20.0 Å². The molecule has 0 bridgehead atoms. The smallest absolute Gasteiger partial charge is 0.336 e. The molecule has 3 rings (SSSR count). The van der Waals surface area contributed by atoms with Gasteiger partial charge in [-0.15, -0.1) is 0 Å². The number of nitrogens with one attached hydrogen (secondary N) is 1. The van der Waals surface area contributed by atoms with E-state index >= 15 is 0 Å². The fourth-order valence-electron chi connectivity index (χ4n) is 3.26. The average Bonchev–Trinajstić information content (AvgIpc) is 2.77. The molecule has 0 amide bonds. The monoisotopic (exact) mass is 445 g/mol. The first kappa shape index (κ1) is 21.9. The summed E-state index contributed by atoms with van der Waals surface area (Å²) in [6.07, 6.45) is 3.29. The Morgan fingerprint density at radius 3 is 2.33 bits per heavy atom. The summed E-state index contributed by atoms with van der Waals surface area (Å²) in [7, 11) is 2.60. The Labute approximate surface area is 183 Å². The molecule has 0 aliphatic carbocycles. The van der Waals surface area contributed by atoms with E-state index < -0.39 is 17.9 Å². The summed E-state index contributed by atoms with van der Waals surface area (Å²) in [4.78, 5) is 33.9. The average molecular weight is 446 g/mol. The molecule has 0 saturated heterocycles. The summed E-state index contributed by atoms with van der Waals surface area (Å²) in [5.74, 6) is -1.50. The first-order chi connectivity index (χ1) is 14.5. The third-order valence-electron chi connectivity index (χ3n) is 4.56. The molecule has 0 spiro atoms. The Balaban J connectivity index is 2.14. The highest BCUT2D eigenvalue weighted by Crippen LogP contribution is 2.42. The van der Waals surface area contributed by atoms with E-state index in [0.717, 1.165) is 0 Å². The third-order valence-corrected chi connectivity index (χ3v) is 5.81. The van der Waals surface area contributed by atoms with Gasteiger partial charge in [-0.05, 0) is 24.6 Å². The first-order valence-electron chi connectivity index (χ1n) is 8.99. The molecule has 1 atom stereocenters. The molecule has 1 unspecified atom stereocenters. The fraction of sp³-hybridized carbons (Fsp3) is 0.238. The molecule has 1 N–H and O–H groups in total. The van der Waals surface area contributed by atoms with E-state index in [1.807, 2.05) is 0 Å². The molecule has 0 saturated carbocycles. The van der Waals surface area contributed by atoms with Gasteiger partial charge >= 0.3 is 11.9 Å². The number of allylic oxidation sites excluding steroid dienone is 1. The van der Waals surface area contributed by atoms with Gasteiger partial charge in [-0.25, -0.2) is 19.6 Å². The van der Waals surface area contributed by atoms with Gasteiger partial charge in [0.05, 0.1) is 31.3 Å². The van der Waals surface area contributed by atoms with Crippen LogP contribution >= 0.6 is 23.4 Å². The molecular formula is C21H20ClN3O4S. The first-order valence-corrected chi connectivity index (χ1v) is 10.4. The molecule has 1 aromatic heterocycles. The van der Waals surface area contributed by atoms with Gasteiger partial charge in [0, 0.05) is 34.6 Å². The van der Waals surface area contributed by atoms with Gasteiger partial charge in [-0.3, -0.25) is 0 Å². The summed E-state index contributed by atoms with van der Waals surface area (Å²) >= 11 is 7.81. The van der Waals surface area contributed by atoms with Crippen LogP contribution in [-0.2, 0) is 19.1 Å². The topological polar surface area (TPSA) is 90.4 Å². The lowest BCUT2D eigenvalue weighted by molar-refractivity contribution is -0.137. The number of nitrogens with zero attached hydrogens (tertiary/aromatic N) is 2. The number of methoxy groups -OCH3 is 2. The largest absolute Gasteiger partial charge is 0.466 e. The molecule has 7 nitrogen and oxygen atoms in total. The second kappa shape index (κ2) is 9.77. The maximum atomic E-state index is 12.9. The highest BCUT2D eigenvalue weighted by atomic mass is 35.5. The van der Waals surface area contributed by atoms with Crippen molar-refractivity contribution in [3.8, 4) is 0 Å². The van der Waals surface area contributed by atoms with E-state index in [-0.39, 0.29) is 0 Å². The Morgan fingerprint density at radius 1 is 1.07 bits per heavy atom.